The topological polar surface area (TPSA) is 93.3 Å². The van der Waals surface area contributed by atoms with Crippen LogP contribution in [0.2, 0.25) is 0 Å². The Bertz CT molecular complexity index is 1060. The Morgan fingerprint density at radius 3 is 2.32 bits per heavy atom. The van der Waals surface area contributed by atoms with E-state index >= 15 is 0 Å². The fraction of sp³-hybridized carbons (Fsp3) is 0.190. The van der Waals surface area contributed by atoms with Gasteiger partial charge in [0.05, 0.1) is 14.2 Å². The lowest BCUT2D eigenvalue weighted by Crippen LogP contribution is -2.13. The van der Waals surface area contributed by atoms with Crippen molar-refractivity contribution in [2.24, 2.45) is 0 Å². The van der Waals surface area contributed by atoms with Gasteiger partial charge in [0.15, 0.2) is 0 Å². The first kappa shape index (κ1) is 19.2. The number of aryl methyl sites for hydroxylation is 1. The summed E-state index contributed by atoms with van der Waals surface area (Å²) in [5.74, 6) is 1.28. The lowest BCUT2D eigenvalue weighted by Gasteiger charge is -2.13. The van der Waals surface area contributed by atoms with E-state index in [-0.39, 0.29) is 11.5 Å². The van der Waals surface area contributed by atoms with E-state index in [1.807, 2.05) is 13.0 Å². The number of hydrogen-bond donors (Lipinski definition) is 2. The summed E-state index contributed by atoms with van der Waals surface area (Å²) in [6.07, 6.45) is 0. The average molecular weight is 379 g/mol. The molecule has 3 aromatic rings. The lowest BCUT2D eigenvalue weighted by molar-refractivity contribution is 0.102. The predicted octanol–water partition coefficient (Wildman–Crippen LogP) is 3.32. The van der Waals surface area contributed by atoms with Gasteiger partial charge in [-0.2, -0.15) is 0 Å². The van der Waals surface area contributed by atoms with Crippen molar-refractivity contribution in [3.63, 3.8) is 0 Å². The number of nitrogens with zero attached hydrogens (tertiary/aromatic N) is 1. The molecule has 0 fully saturated rings. The fourth-order valence-corrected chi connectivity index (χ4v) is 2.88. The Morgan fingerprint density at radius 1 is 1.04 bits per heavy atom. The van der Waals surface area contributed by atoms with Crippen LogP contribution in [0.4, 0.5) is 5.69 Å². The molecule has 1 heterocycles. The maximum atomic E-state index is 12.7. The number of anilines is 1. The first-order chi connectivity index (χ1) is 13.4. The highest BCUT2D eigenvalue weighted by atomic mass is 16.5. The lowest BCUT2D eigenvalue weighted by atomic mass is 10.1. The Labute approximate surface area is 162 Å². The molecule has 0 aliphatic carbocycles. The summed E-state index contributed by atoms with van der Waals surface area (Å²) in [5, 5.41) is 2.85. The Morgan fingerprint density at radius 2 is 1.71 bits per heavy atom. The van der Waals surface area contributed by atoms with Crippen LogP contribution in [-0.2, 0) is 0 Å². The second-order valence-corrected chi connectivity index (χ2v) is 6.28. The predicted molar refractivity (Wildman–Crippen MR) is 107 cm³/mol. The minimum atomic E-state index is -0.306. The van der Waals surface area contributed by atoms with E-state index in [9.17, 15) is 9.59 Å². The molecule has 28 heavy (non-hydrogen) atoms. The summed E-state index contributed by atoms with van der Waals surface area (Å²) in [6, 6.07) is 11.9. The number of amides is 1. The van der Waals surface area contributed by atoms with Gasteiger partial charge in [-0.05, 0) is 38.1 Å². The molecule has 7 nitrogen and oxygen atoms in total. The van der Waals surface area contributed by atoms with Crippen molar-refractivity contribution >= 4 is 11.6 Å². The van der Waals surface area contributed by atoms with Gasteiger partial charge in [-0.25, -0.2) is 4.98 Å². The molecular formula is C21H21N3O4. The summed E-state index contributed by atoms with van der Waals surface area (Å²) < 4.78 is 10.7. The average Bonchev–Trinajstić information content (AvgIpc) is 2.67. The van der Waals surface area contributed by atoms with Gasteiger partial charge in [0.1, 0.15) is 17.3 Å². The summed E-state index contributed by atoms with van der Waals surface area (Å²) in [5.41, 5.74) is 2.88. The quantitative estimate of drug-likeness (QED) is 0.709. The zero-order valence-electron chi connectivity index (χ0n) is 16.1. The molecule has 2 N–H and O–H groups in total. The van der Waals surface area contributed by atoms with Crippen molar-refractivity contribution in [2.45, 2.75) is 13.8 Å². The van der Waals surface area contributed by atoms with Crippen LogP contribution >= 0.6 is 0 Å². The van der Waals surface area contributed by atoms with Crippen LogP contribution < -0.4 is 20.3 Å². The van der Waals surface area contributed by atoms with E-state index < -0.39 is 0 Å². The first-order valence-corrected chi connectivity index (χ1v) is 8.63. The van der Waals surface area contributed by atoms with Crippen molar-refractivity contribution in [3.8, 4) is 22.9 Å². The molecule has 0 unspecified atom stereocenters. The number of carbonyl (C=O) groups is 1. The van der Waals surface area contributed by atoms with Gasteiger partial charge in [-0.15, -0.1) is 0 Å². The zero-order chi connectivity index (χ0) is 20.3. The Kier molecular flexibility index (Phi) is 5.44. The van der Waals surface area contributed by atoms with Crippen molar-refractivity contribution in [1.82, 2.24) is 9.97 Å². The zero-order valence-corrected chi connectivity index (χ0v) is 16.1. The van der Waals surface area contributed by atoms with E-state index in [2.05, 4.69) is 15.3 Å². The van der Waals surface area contributed by atoms with Gasteiger partial charge in [-0.3, -0.25) is 9.59 Å². The number of hydrogen-bond acceptors (Lipinski definition) is 5. The molecule has 0 aliphatic rings. The number of H-pyrrole nitrogens is 1. The van der Waals surface area contributed by atoms with Gasteiger partial charge in [0.25, 0.3) is 11.5 Å². The number of benzene rings is 2. The highest BCUT2D eigenvalue weighted by molar-refractivity contribution is 6.05. The molecule has 0 spiro atoms. The standard InChI is InChI=1S/C21H21N3O4/c1-12-8-19(25)24-20(22-12)14-6-5-7-16(9-14)23-21(26)15-10-17(27-3)13(2)18(11-15)28-4/h5-11H,1-4H3,(H,23,26)(H,22,24,25). The maximum absolute atomic E-state index is 12.7. The first-order valence-electron chi connectivity index (χ1n) is 8.63. The van der Waals surface area contributed by atoms with E-state index in [4.69, 9.17) is 9.47 Å². The van der Waals surface area contributed by atoms with E-state index in [1.54, 1.807) is 51.5 Å². The summed E-state index contributed by atoms with van der Waals surface area (Å²) >= 11 is 0. The van der Waals surface area contributed by atoms with Crippen molar-refractivity contribution < 1.29 is 14.3 Å². The minimum Gasteiger partial charge on any atom is -0.496 e. The van der Waals surface area contributed by atoms with Crippen LogP contribution in [0.1, 0.15) is 21.6 Å². The normalized spacial score (nSPS) is 10.4. The molecule has 1 amide bonds. The highest BCUT2D eigenvalue weighted by Crippen LogP contribution is 2.30. The van der Waals surface area contributed by atoms with Crippen LogP contribution in [0.25, 0.3) is 11.4 Å². The number of carbonyl (C=O) groups excluding carboxylic acids is 1. The van der Waals surface area contributed by atoms with E-state index in [0.717, 1.165) is 5.56 Å². The van der Waals surface area contributed by atoms with Crippen molar-refractivity contribution in [2.75, 3.05) is 19.5 Å². The van der Waals surface area contributed by atoms with Gasteiger partial charge in [0.2, 0.25) is 0 Å². The highest BCUT2D eigenvalue weighted by Gasteiger charge is 2.14. The number of rotatable bonds is 5. The molecule has 7 heteroatoms. The summed E-state index contributed by atoms with van der Waals surface area (Å²) in [7, 11) is 3.09. The Hall–Kier alpha value is -3.61. The van der Waals surface area contributed by atoms with Crippen LogP contribution in [0.5, 0.6) is 11.5 Å². The van der Waals surface area contributed by atoms with Crippen LogP contribution in [0.15, 0.2) is 47.3 Å². The molecule has 3 rings (SSSR count). The summed E-state index contributed by atoms with van der Waals surface area (Å²) in [4.78, 5) is 31.5. The molecule has 144 valence electrons. The van der Waals surface area contributed by atoms with Crippen LogP contribution in [0, 0.1) is 13.8 Å². The van der Waals surface area contributed by atoms with Crippen LogP contribution in [-0.4, -0.2) is 30.1 Å². The second kappa shape index (κ2) is 7.96. The number of methoxy groups -OCH3 is 2. The fourth-order valence-electron chi connectivity index (χ4n) is 2.88. The third-order valence-corrected chi connectivity index (χ3v) is 4.28. The van der Waals surface area contributed by atoms with Gasteiger partial charge < -0.3 is 19.8 Å². The van der Waals surface area contributed by atoms with Gasteiger partial charge in [0, 0.05) is 34.1 Å². The monoisotopic (exact) mass is 379 g/mol. The number of aromatic amines is 1. The SMILES string of the molecule is COc1cc(C(=O)Nc2cccc(-c3nc(C)cc(=O)[nH]3)c2)cc(OC)c1C. The molecule has 0 radical (unpaired) electrons. The molecule has 0 saturated carbocycles. The molecular weight excluding hydrogens is 358 g/mol. The second-order valence-electron chi connectivity index (χ2n) is 6.28. The van der Waals surface area contributed by atoms with Gasteiger partial charge >= 0.3 is 0 Å². The largest absolute Gasteiger partial charge is 0.496 e. The molecule has 0 bridgehead atoms. The minimum absolute atomic E-state index is 0.226. The van der Waals surface area contributed by atoms with E-state index in [0.29, 0.717) is 39.8 Å². The maximum Gasteiger partial charge on any atom is 0.255 e. The molecule has 0 atom stereocenters. The number of aromatic nitrogens is 2. The van der Waals surface area contributed by atoms with Gasteiger partial charge in [-0.1, -0.05) is 12.1 Å². The molecule has 2 aromatic carbocycles. The summed E-state index contributed by atoms with van der Waals surface area (Å²) in [6.45, 7) is 3.61. The third-order valence-electron chi connectivity index (χ3n) is 4.28. The van der Waals surface area contributed by atoms with E-state index in [1.165, 1.54) is 6.07 Å². The number of ether oxygens (including phenoxy) is 2. The molecule has 0 saturated heterocycles. The van der Waals surface area contributed by atoms with Crippen molar-refractivity contribution in [1.29, 1.82) is 0 Å². The van der Waals surface area contributed by atoms with Crippen LogP contribution in [0.3, 0.4) is 0 Å². The van der Waals surface area contributed by atoms with Crippen molar-refractivity contribution in [3.05, 3.63) is 69.6 Å². The molecule has 0 aliphatic heterocycles. The number of nitrogens with one attached hydrogen (secondary N) is 2. The third kappa shape index (κ3) is 4.03. The smallest absolute Gasteiger partial charge is 0.255 e. The molecule has 1 aromatic heterocycles. The Balaban J connectivity index is 1.90.